The zero-order valence-corrected chi connectivity index (χ0v) is 32.4. The van der Waals surface area contributed by atoms with Gasteiger partial charge in [0.25, 0.3) is 0 Å². The molecule has 58 heavy (non-hydrogen) atoms. The number of hydrogen-bond acceptors (Lipinski definition) is 7. The molecule has 0 fully saturated rings. The molecule has 8 aromatic rings. The summed E-state index contributed by atoms with van der Waals surface area (Å²) in [5.74, 6) is 0.500. The molecule has 0 aliphatic carbocycles. The van der Waals surface area contributed by atoms with Crippen LogP contribution in [-0.4, -0.2) is 48.4 Å². The highest BCUT2D eigenvalue weighted by Gasteiger charge is 2.40. The van der Waals surface area contributed by atoms with E-state index in [1.54, 1.807) is 10.9 Å². The first-order valence-corrected chi connectivity index (χ1v) is 20.7. The van der Waals surface area contributed by atoms with Crippen LogP contribution in [0.15, 0.2) is 195 Å². The van der Waals surface area contributed by atoms with Gasteiger partial charge in [-0.25, -0.2) is 15.0 Å². The van der Waals surface area contributed by atoms with Gasteiger partial charge in [0.15, 0.2) is 11.5 Å². The molecule has 6 aromatic carbocycles. The Morgan fingerprint density at radius 1 is 0.586 bits per heavy atom. The highest BCUT2D eigenvalue weighted by Crippen LogP contribution is 2.43. The molecule has 0 spiro atoms. The third-order valence-electron chi connectivity index (χ3n) is 10.2. The van der Waals surface area contributed by atoms with Crippen LogP contribution in [0.3, 0.4) is 0 Å². The summed E-state index contributed by atoms with van der Waals surface area (Å²) >= 11 is 0. The van der Waals surface area contributed by atoms with E-state index < -0.39 is 31.2 Å². The summed E-state index contributed by atoms with van der Waals surface area (Å²) in [5, 5.41) is 3.81. The molecule has 0 radical (unpaired) electrons. The maximum Gasteiger partial charge on any atom is 0.350 e. The Labute approximate surface area is 337 Å². The predicted octanol–water partition coefficient (Wildman–Crippen LogP) is 8.76. The van der Waals surface area contributed by atoms with Crippen molar-refractivity contribution in [2.75, 3.05) is 18.3 Å². The summed E-state index contributed by atoms with van der Waals surface area (Å²) in [6, 6.07) is 60.4. The fourth-order valence-electron chi connectivity index (χ4n) is 7.63. The number of aromatic nitrogens is 4. The summed E-state index contributed by atoms with van der Waals surface area (Å²) in [4.78, 5) is 34.1. The van der Waals surface area contributed by atoms with E-state index in [1.165, 1.54) is 6.33 Å². The summed E-state index contributed by atoms with van der Waals surface area (Å²) in [6.07, 6.45) is 1.50. The number of nitrogens with zero attached hydrogens (tertiary/aromatic N) is 4. The Morgan fingerprint density at radius 3 is 1.41 bits per heavy atom. The standard InChI is InChI=1S/C47H42N5O5P/c53-58(54,55)35-56-42(32-57-47(39-25-13-4-14-26-39,40-27-15-5-16-28-40)41-29-17-6-18-30-41)31-52-34-50-43-44(48-33-49-45(43)52)51-46(36-19-7-1-8-20-36,37-21-9-2-10-22-37)38-23-11-3-12-24-38/h1-30,33-34,42H,31-32,35H2,(H,48,49,51)(H2,53,54,55). The molecule has 3 N–H and O–H groups in total. The van der Waals surface area contributed by atoms with Crippen molar-refractivity contribution in [3.63, 3.8) is 0 Å². The second-order valence-electron chi connectivity index (χ2n) is 13.9. The molecule has 2 aromatic heterocycles. The third kappa shape index (κ3) is 7.97. The van der Waals surface area contributed by atoms with Crippen molar-refractivity contribution in [3.05, 3.63) is 228 Å². The lowest BCUT2D eigenvalue weighted by Crippen LogP contribution is -2.38. The average molecular weight is 788 g/mol. The van der Waals surface area contributed by atoms with Gasteiger partial charge in [0, 0.05) is 0 Å². The van der Waals surface area contributed by atoms with Crippen LogP contribution in [0.4, 0.5) is 5.82 Å². The zero-order valence-electron chi connectivity index (χ0n) is 31.5. The van der Waals surface area contributed by atoms with Crippen LogP contribution in [0.2, 0.25) is 0 Å². The Hall–Kier alpha value is -6.26. The van der Waals surface area contributed by atoms with Crippen molar-refractivity contribution in [1.82, 2.24) is 19.5 Å². The first-order chi connectivity index (χ1) is 28.4. The smallest absolute Gasteiger partial charge is 0.350 e. The first-order valence-electron chi connectivity index (χ1n) is 18.9. The fraction of sp³-hybridized carbons (Fsp3) is 0.128. The van der Waals surface area contributed by atoms with Gasteiger partial charge in [-0.2, -0.15) is 0 Å². The lowest BCUT2D eigenvalue weighted by molar-refractivity contribution is -0.0624. The molecule has 0 saturated carbocycles. The monoisotopic (exact) mass is 787 g/mol. The van der Waals surface area contributed by atoms with Crippen LogP contribution in [0.5, 0.6) is 0 Å². The molecule has 10 nitrogen and oxygen atoms in total. The number of rotatable bonds is 16. The van der Waals surface area contributed by atoms with Crippen LogP contribution in [0.25, 0.3) is 11.2 Å². The van der Waals surface area contributed by atoms with Gasteiger partial charge in [-0.1, -0.05) is 182 Å². The Morgan fingerprint density at radius 2 is 1.00 bits per heavy atom. The minimum atomic E-state index is -4.55. The Bertz CT molecular complexity index is 2380. The number of fused-ring (bicyclic) bond motifs is 1. The second-order valence-corrected chi connectivity index (χ2v) is 15.5. The molecule has 2 heterocycles. The molecule has 0 bridgehead atoms. The number of ether oxygens (including phenoxy) is 2. The van der Waals surface area contributed by atoms with E-state index in [0.29, 0.717) is 17.0 Å². The normalized spacial score (nSPS) is 12.7. The van der Waals surface area contributed by atoms with Crippen molar-refractivity contribution in [2.24, 2.45) is 0 Å². The molecule has 290 valence electrons. The molecule has 0 saturated heterocycles. The minimum Gasteiger partial charge on any atom is -0.361 e. The van der Waals surface area contributed by atoms with E-state index in [-0.39, 0.29) is 13.2 Å². The van der Waals surface area contributed by atoms with Gasteiger partial charge in [-0.05, 0) is 33.4 Å². The Kier molecular flexibility index (Phi) is 11.4. The topological polar surface area (TPSA) is 132 Å². The van der Waals surface area contributed by atoms with Crippen molar-refractivity contribution in [1.29, 1.82) is 0 Å². The summed E-state index contributed by atoms with van der Waals surface area (Å²) < 4.78 is 27.1. The largest absolute Gasteiger partial charge is 0.361 e. The molecular formula is C47H42N5O5P. The maximum atomic E-state index is 12.2. The molecular weight excluding hydrogens is 746 g/mol. The predicted molar refractivity (Wildman–Crippen MR) is 225 cm³/mol. The van der Waals surface area contributed by atoms with Crippen molar-refractivity contribution in [2.45, 2.75) is 23.8 Å². The van der Waals surface area contributed by atoms with Gasteiger partial charge in [0.1, 0.15) is 29.3 Å². The van der Waals surface area contributed by atoms with E-state index in [2.05, 4.69) is 46.7 Å². The lowest BCUT2D eigenvalue weighted by atomic mass is 9.77. The van der Waals surface area contributed by atoms with Gasteiger partial charge in [-0.3, -0.25) is 4.57 Å². The number of nitrogens with one attached hydrogen (secondary N) is 1. The summed E-state index contributed by atoms with van der Waals surface area (Å²) in [5.41, 5.74) is 4.72. The van der Waals surface area contributed by atoms with Gasteiger partial charge < -0.3 is 29.1 Å². The lowest BCUT2D eigenvalue weighted by Gasteiger charge is -2.37. The molecule has 0 aliphatic heterocycles. The van der Waals surface area contributed by atoms with E-state index in [4.69, 9.17) is 19.4 Å². The van der Waals surface area contributed by atoms with Crippen LogP contribution in [0.1, 0.15) is 33.4 Å². The number of hydrogen-bond donors (Lipinski definition) is 3. The van der Waals surface area contributed by atoms with Crippen molar-refractivity contribution >= 4 is 24.6 Å². The average Bonchev–Trinajstić information content (AvgIpc) is 3.70. The summed E-state index contributed by atoms with van der Waals surface area (Å²) in [6.45, 7) is 0.0658. The SMILES string of the molecule is O=P(O)(O)COC(COC(c1ccccc1)(c1ccccc1)c1ccccc1)Cn1cnc2c(NC(c3ccccc3)(c3ccccc3)c3ccccc3)ncnc21. The summed E-state index contributed by atoms with van der Waals surface area (Å²) in [7, 11) is -4.55. The van der Waals surface area contributed by atoms with Gasteiger partial charge in [0.05, 0.1) is 25.6 Å². The Balaban J connectivity index is 1.19. The third-order valence-corrected chi connectivity index (χ3v) is 10.7. The van der Waals surface area contributed by atoms with E-state index in [9.17, 15) is 14.4 Å². The molecule has 0 amide bonds. The molecule has 11 heteroatoms. The van der Waals surface area contributed by atoms with Crippen LogP contribution >= 0.6 is 7.60 Å². The zero-order chi connectivity index (χ0) is 39.8. The number of benzene rings is 6. The van der Waals surface area contributed by atoms with Crippen LogP contribution in [0, 0.1) is 0 Å². The van der Waals surface area contributed by atoms with E-state index in [1.807, 2.05) is 146 Å². The van der Waals surface area contributed by atoms with E-state index in [0.717, 1.165) is 33.4 Å². The van der Waals surface area contributed by atoms with Crippen LogP contribution < -0.4 is 5.32 Å². The van der Waals surface area contributed by atoms with Crippen molar-refractivity contribution in [3.8, 4) is 0 Å². The van der Waals surface area contributed by atoms with E-state index >= 15 is 0 Å². The number of anilines is 1. The maximum absolute atomic E-state index is 12.2. The number of imidazole rings is 1. The quantitative estimate of drug-likeness (QED) is 0.0650. The van der Waals surface area contributed by atoms with Gasteiger partial charge in [0.2, 0.25) is 0 Å². The minimum absolute atomic E-state index is 0.0479. The second kappa shape index (κ2) is 17.1. The van der Waals surface area contributed by atoms with Gasteiger partial charge in [-0.15, -0.1) is 0 Å². The van der Waals surface area contributed by atoms with Crippen molar-refractivity contribution < 1.29 is 23.8 Å². The van der Waals surface area contributed by atoms with Crippen LogP contribution in [-0.2, 0) is 31.7 Å². The molecule has 1 unspecified atom stereocenters. The van der Waals surface area contributed by atoms with Gasteiger partial charge >= 0.3 is 7.60 Å². The first kappa shape index (κ1) is 38.6. The molecule has 8 rings (SSSR count). The molecule has 1 atom stereocenters. The fourth-order valence-corrected chi connectivity index (χ4v) is 8.03. The highest BCUT2D eigenvalue weighted by molar-refractivity contribution is 7.51. The molecule has 0 aliphatic rings. The highest BCUT2D eigenvalue weighted by atomic mass is 31.2.